The molecule has 2 fully saturated rings. The zero-order valence-corrected chi connectivity index (χ0v) is 6.69. The van der Waals surface area contributed by atoms with Gasteiger partial charge in [0, 0.05) is 25.4 Å². The van der Waals surface area contributed by atoms with Crippen molar-refractivity contribution >= 4 is 11.9 Å². The van der Waals surface area contributed by atoms with Crippen molar-refractivity contribution in [1.82, 2.24) is 4.90 Å². The monoisotopic (exact) mass is 169 g/mol. The number of hydrogen-bond acceptors (Lipinski definition) is 2. The minimum atomic E-state index is -0.895. The van der Waals surface area contributed by atoms with Gasteiger partial charge in [-0.2, -0.15) is 0 Å². The highest BCUT2D eigenvalue weighted by Crippen LogP contribution is 2.37. The van der Waals surface area contributed by atoms with Gasteiger partial charge < -0.3 is 10.0 Å². The van der Waals surface area contributed by atoms with Crippen molar-refractivity contribution in [3.05, 3.63) is 0 Å². The molecule has 1 N–H and O–H groups in total. The summed E-state index contributed by atoms with van der Waals surface area (Å²) in [6.45, 7) is 1.03. The predicted octanol–water partition coefficient (Wildman–Crippen LogP) is 0.575. The molecular weight excluding hydrogens is 158 g/mol. The fourth-order valence-corrected chi connectivity index (χ4v) is 2.03. The van der Waals surface area contributed by atoms with Gasteiger partial charge in [0.2, 0.25) is 0 Å². The minimum absolute atomic E-state index is 0.0230. The summed E-state index contributed by atoms with van der Waals surface area (Å²) in [4.78, 5) is 22.9. The lowest BCUT2D eigenvalue weighted by atomic mass is 9.68. The van der Waals surface area contributed by atoms with Gasteiger partial charge in [0.15, 0.2) is 0 Å². The zero-order chi connectivity index (χ0) is 8.72. The Labute approximate surface area is 70.2 Å². The van der Waals surface area contributed by atoms with Crippen molar-refractivity contribution in [2.45, 2.75) is 12.8 Å². The summed E-state index contributed by atoms with van der Waals surface area (Å²) in [7, 11) is 0. The first-order valence-electron chi connectivity index (χ1n) is 4.19. The number of hydrogen-bond donors (Lipinski definition) is 1. The summed E-state index contributed by atoms with van der Waals surface area (Å²) in [5.41, 5.74) is 0. The number of carbonyl (C=O) groups is 2. The summed E-state index contributed by atoms with van der Waals surface area (Å²) in [6.07, 6.45) is 0.647. The van der Waals surface area contributed by atoms with Crippen LogP contribution in [0.15, 0.2) is 0 Å². The first-order chi connectivity index (χ1) is 5.68. The summed E-state index contributed by atoms with van der Waals surface area (Å²) < 4.78 is 0. The number of ketones is 1. The van der Waals surface area contributed by atoms with E-state index in [4.69, 9.17) is 5.11 Å². The van der Waals surface area contributed by atoms with Crippen LogP contribution in [0, 0.1) is 11.8 Å². The second kappa shape index (κ2) is 2.47. The van der Waals surface area contributed by atoms with Crippen molar-refractivity contribution in [2.75, 3.05) is 13.1 Å². The van der Waals surface area contributed by atoms with Gasteiger partial charge in [0.1, 0.15) is 5.78 Å². The molecule has 0 aromatic heterocycles. The molecule has 0 radical (unpaired) electrons. The molecule has 1 aliphatic heterocycles. The Morgan fingerprint density at radius 3 is 2.92 bits per heavy atom. The molecule has 12 heavy (non-hydrogen) atoms. The zero-order valence-electron chi connectivity index (χ0n) is 6.69. The van der Waals surface area contributed by atoms with E-state index < -0.39 is 6.09 Å². The Morgan fingerprint density at radius 2 is 2.33 bits per heavy atom. The Kier molecular flexibility index (Phi) is 1.56. The fraction of sp³-hybridized carbons (Fsp3) is 0.750. The average molecular weight is 169 g/mol. The first-order valence-corrected chi connectivity index (χ1v) is 4.19. The number of likely N-dealkylation sites (tertiary alicyclic amines) is 1. The van der Waals surface area contributed by atoms with Crippen LogP contribution in [0.2, 0.25) is 0 Å². The standard InChI is InChI=1S/C8H11NO3/c10-7-3-5-1-2-9(8(11)12)4-6(5)7/h5-6H,1-4H2,(H,11,12)/t5-,6-/m0/s1. The maximum absolute atomic E-state index is 11.0. The third-order valence-corrected chi connectivity index (χ3v) is 2.90. The van der Waals surface area contributed by atoms with Gasteiger partial charge in [-0.15, -0.1) is 0 Å². The first kappa shape index (κ1) is 7.58. The van der Waals surface area contributed by atoms with Crippen molar-refractivity contribution in [2.24, 2.45) is 11.8 Å². The molecule has 1 aliphatic carbocycles. The molecule has 66 valence electrons. The number of amides is 1. The molecule has 4 heteroatoms. The van der Waals surface area contributed by atoms with Crippen molar-refractivity contribution in [3.8, 4) is 0 Å². The molecule has 2 aliphatic rings. The highest BCUT2D eigenvalue weighted by atomic mass is 16.4. The number of carboxylic acid groups (broad SMARTS) is 1. The third-order valence-electron chi connectivity index (χ3n) is 2.90. The van der Waals surface area contributed by atoms with Crippen LogP contribution in [0.5, 0.6) is 0 Å². The van der Waals surface area contributed by atoms with Gasteiger partial charge >= 0.3 is 6.09 Å². The molecule has 1 saturated heterocycles. The number of rotatable bonds is 0. The number of carbonyl (C=O) groups excluding carboxylic acids is 1. The van der Waals surface area contributed by atoms with Gasteiger partial charge in [-0.3, -0.25) is 4.79 Å². The van der Waals surface area contributed by atoms with Crippen molar-refractivity contribution in [1.29, 1.82) is 0 Å². The molecule has 0 aromatic carbocycles. The third kappa shape index (κ3) is 0.983. The molecule has 1 amide bonds. The van der Waals surface area contributed by atoms with Crippen LogP contribution in [-0.2, 0) is 4.79 Å². The number of piperidine rings is 1. The second-order valence-corrected chi connectivity index (χ2v) is 3.55. The molecule has 1 saturated carbocycles. The van der Waals surface area contributed by atoms with E-state index in [2.05, 4.69) is 0 Å². The van der Waals surface area contributed by atoms with Crippen LogP contribution in [0.25, 0.3) is 0 Å². The topological polar surface area (TPSA) is 57.6 Å². The molecule has 2 rings (SSSR count). The minimum Gasteiger partial charge on any atom is -0.465 e. The van der Waals surface area contributed by atoms with Crippen LogP contribution < -0.4 is 0 Å². The molecule has 0 bridgehead atoms. The number of Topliss-reactive ketones (excluding diaryl/α,β-unsaturated/α-hetero) is 1. The van der Waals surface area contributed by atoms with Crippen LogP contribution in [0.4, 0.5) is 4.79 Å². The Balaban J connectivity index is 2.00. The molecule has 0 spiro atoms. The summed E-state index contributed by atoms with van der Waals surface area (Å²) in [6, 6.07) is 0. The predicted molar refractivity (Wildman–Crippen MR) is 40.8 cm³/mol. The lowest BCUT2D eigenvalue weighted by Crippen LogP contribution is -2.52. The van der Waals surface area contributed by atoms with Crippen molar-refractivity contribution < 1.29 is 14.7 Å². The maximum Gasteiger partial charge on any atom is 0.407 e. The van der Waals surface area contributed by atoms with Gasteiger partial charge in [0.05, 0.1) is 0 Å². The van der Waals surface area contributed by atoms with Crippen LogP contribution in [0.3, 0.4) is 0 Å². The molecule has 0 aromatic rings. The lowest BCUT2D eigenvalue weighted by molar-refractivity contribution is -0.137. The Morgan fingerprint density at radius 1 is 1.58 bits per heavy atom. The maximum atomic E-state index is 11.0. The molecule has 0 unspecified atom stereocenters. The van der Waals surface area contributed by atoms with Crippen LogP contribution >= 0.6 is 0 Å². The highest BCUT2D eigenvalue weighted by Gasteiger charge is 2.44. The smallest absolute Gasteiger partial charge is 0.407 e. The highest BCUT2D eigenvalue weighted by molar-refractivity contribution is 5.88. The van der Waals surface area contributed by atoms with E-state index in [1.807, 2.05) is 0 Å². The summed E-state index contributed by atoms with van der Waals surface area (Å²) in [5, 5.41) is 8.67. The van der Waals surface area contributed by atoms with Gasteiger partial charge in [-0.05, 0) is 12.3 Å². The molecule has 2 atom stereocenters. The van der Waals surface area contributed by atoms with Crippen LogP contribution in [-0.4, -0.2) is 35.0 Å². The molecule has 4 nitrogen and oxygen atoms in total. The number of nitrogens with zero attached hydrogens (tertiary/aromatic N) is 1. The van der Waals surface area contributed by atoms with E-state index >= 15 is 0 Å². The summed E-state index contributed by atoms with van der Waals surface area (Å²) >= 11 is 0. The summed E-state index contributed by atoms with van der Waals surface area (Å²) in [5.74, 6) is 0.744. The van der Waals surface area contributed by atoms with E-state index in [9.17, 15) is 9.59 Å². The van der Waals surface area contributed by atoms with E-state index in [-0.39, 0.29) is 11.7 Å². The fourth-order valence-electron chi connectivity index (χ4n) is 2.03. The Hall–Kier alpha value is -1.06. The normalized spacial score (nSPS) is 34.0. The van der Waals surface area contributed by atoms with E-state index in [0.29, 0.717) is 25.4 Å². The van der Waals surface area contributed by atoms with E-state index in [0.717, 1.165) is 6.42 Å². The Bertz CT molecular complexity index is 230. The largest absolute Gasteiger partial charge is 0.465 e. The molecular formula is C8H11NO3. The second-order valence-electron chi connectivity index (χ2n) is 3.55. The van der Waals surface area contributed by atoms with Gasteiger partial charge in [-0.25, -0.2) is 4.79 Å². The van der Waals surface area contributed by atoms with E-state index in [1.54, 1.807) is 0 Å². The van der Waals surface area contributed by atoms with Crippen molar-refractivity contribution in [3.63, 3.8) is 0 Å². The molecule has 1 heterocycles. The van der Waals surface area contributed by atoms with Gasteiger partial charge in [-0.1, -0.05) is 0 Å². The van der Waals surface area contributed by atoms with Crippen LogP contribution in [0.1, 0.15) is 12.8 Å². The lowest BCUT2D eigenvalue weighted by Gasteiger charge is -2.42. The van der Waals surface area contributed by atoms with E-state index in [1.165, 1.54) is 4.90 Å². The average Bonchev–Trinajstić information content (AvgIpc) is 2.02. The number of fused-ring (bicyclic) bond motifs is 1. The van der Waals surface area contributed by atoms with Gasteiger partial charge in [0.25, 0.3) is 0 Å². The SMILES string of the molecule is O=C1C[C@@H]2CCN(C(=O)O)C[C@H]12. The quantitative estimate of drug-likeness (QED) is 0.577.